The van der Waals surface area contributed by atoms with Gasteiger partial charge in [0.1, 0.15) is 17.0 Å². The number of rotatable bonds is 3. The topological polar surface area (TPSA) is 80.9 Å². The van der Waals surface area contributed by atoms with E-state index in [0.717, 1.165) is 16.3 Å². The van der Waals surface area contributed by atoms with Crippen molar-refractivity contribution >= 4 is 33.5 Å². The highest BCUT2D eigenvalue weighted by atomic mass is 19.1. The van der Waals surface area contributed by atoms with Crippen LogP contribution >= 0.6 is 0 Å². The minimum Gasteiger partial charge on any atom is -0.368 e. The molecule has 26 heavy (non-hydrogen) atoms. The Labute approximate surface area is 148 Å². The van der Waals surface area contributed by atoms with Gasteiger partial charge in [0.25, 0.3) is 5.91 Å². The molecule has 0 fully saturated rings. The van der Waals surface area contributed by atoms with Crippen molar-refractivity contribution in [1.29, 1.82) is 0 Å². The van der Waals surface area contributed by atoms with Gasteiger partial charge < -0.3 is 11.1 Å². The molecule has 0 spiro atoms. The van der Waals surface area contributed by atoms with E-state index in [0.29, 0.717) is 11.9 Å². The summed E-state index contributed by atoms with van der Waals surface area (Å²) in [6, 6.07) is 18.2. The summed E-state index contributed by atoms with van der Waals surface area (Å²) in [7, 11) is 0. The number of anilines is 1. The van der Waals surface area contributed by atoms with E-state index in [1.807, 2.05) is 42.5 Å². The molecule has 0 aliphatic rings. The highest BCUT2D eigenvalue weighted by molar-refractivity contribution is 6.04. The lowest BCUT2D eigenvalue weighted by atomic mass is 10.0. The summed E-state index contributed by atoms with van der Waals surface area (Å²) >= 11 is 0. The molecule has 0 saturated heterocycles. The van der Waals surface area contributed by atoms with E-state index in [1.54, 1.807) is 6.07 Å². The Kier molecular flexibility index (Phi) is 3.93. The van der Waals surface area contributed by atoms with Gasteiger partial charge in [0, 0.05) is 11.9 Å². The zero-order chi connectivity index (χ0) is 18.1. The van der Waals surface area contributed by atoms with E-state index in [4.69, 9.17) is 5.73 Å². The van der Waals surface area contributed by atoms with Crippen LogP contribution in [0.4, 0.5) is 10.3 Å². The molecule has 4 rings (SSSR count). The van der Waals surface area contributed by atoms with Crippen LogP contribution < -0.4 is 11.1 Å². The number of carbonyl (C=O) groups excluding carboxylic acids is 1. The van der Waals surface area contributed by atoms with E-state index < -0.39 is 11.7 Å². The third-order valence-corrected chi connectivity index (χ3v) is 4.23. The first-order valence-corrected chi connectivity index (χ1v) is 8.10. The van der Waals surface area contributed by atoms with Crippen molar-refractivity contribution < 1.29 is 9.18 Å². The van der Waals surface area contributed by atoms with Gasteiger partial charge >= 0.3 is 0 Å². The highest BCUT2D eigenvalue weighted by Gasteiger charge is 2.16. The lowest BCUT2D eigenvalue weighted by molar-refractivity contribution is 0.0948. The second-order valence-electron chi connectivity index (χ2n) is 5.89. The number of nitrogens with two attached hydrogens (primary N) is 1. The molecule has 5 nitrogen and oxygen atoms in total. The molecule has 0 saturated carbocycles. The molecule has 0 bridgehead atoms. The molecule has 4 aromatic rings. The SMILES string of the molecule is Nc1nc(C(=O)NCc2cccc3ccccc23)c2cccc(F)c2n1. The molecule has 1 heterocycles. The zero-order valence-electron chi connectivity index (χ0n) is 13.7. The Morgan fingerprint density at radius 2 is 1.69 bits per heavy atom. The number of benzene rings is 3. The van der Waals surface area contributed by atoms with Crippen LogP contribution in [0.15, 0.2) is 60.7 Å². The number of fused-ring (bicyclic) bond motifs is 2. The number of hydrogen-bond donors (Lipinski definition) is 2. The summed E-state index contributed by atoms with van der Waals surface area (Å²) in [5.74, 6) is -1.11. The van der Waals surface area contributed by atoms with Crippen molar-refractivity contribution in [2.45, 2.75) is 6.54 Å². The Bertz CT molecular complexity index is 1140. The van der Waals surface area contributed by atoms with Crippen LogP contribution in [0.5, 0.6) is 0 Å². The minimum absolute atomic E-state index is 0.0373. The Hall–Kier alpha value is -3.54. The maximum absolute atomic E-state index is 14.0. The van der Waals surface area contributed by atoms with Crippen molar-refractivity contribution in [1.82, 2.24) is 15.3 Å². The average molecular weight is 346 g/mol. The number of carbonyl (C=O) groups is 1. The molecule has 0 aliphatic heterocycles. The van der Waals surface area contributed by atoms with Crippen molar-refractivity contribution in [3.8, 4) is 0 Å². The maximum atomic E-state index is 14.0. The molecule has 0 atom stereocenters. The van der Waals surface area contributed by atoms with Crippen molar-refractivity contribution in [3.05, 3.63) is 77.7 Å². The first-order valence-electron chi connectivity index (χ1n) is 8.10. The van der Waals surface area contributed by atoms with Crippen LogP contribution in [-0.4, -0.2) is 15.9 Å². The first kappa shape index (κ1) is 16.0. The quantitative estimate of drug-likeness (QED) is 0.595. The van der Waals surface area contributed by atoms with E-state index >= 15 is 0 Å². The lowest BCUT2D eigenvalue weighted by Crippen LogP contribution is -2.25. The number of nitrogen functional groups attached to an aromatic ring is 1. The molecule has 0 aliphatic carbocycles. The minimum atomic E-state index is -0.542. The molecular formula is C20H15FN4O. The van der Waals surface area contributed by atoms with Gasteiger partial charge in [0.15, 0.2) is 0 Å². The Morgan fingerprint density at radius 3 is 2.58 bits per heavy atom. The number of aromatic nitrogens is 2. The molecule has 6 heteroatoms. The summed E-state index contributed by atoms with van der Waals surface area (Å²) < 4.78 is 14.0. The van der Waals surface area contributed by atoms with Gasteiger partial charge in [0.2, 0.25) is 5.95 Å². The van der Waals surface area contributed by atoms with Gasteiger partial charge in [0.05, 0.1) is 0 Å². The molecule has 1 aromatic heterocycles. The van der Waals surface area contributed by atoms with E-state index in [1.165, 1.54) is 12.1 Å². The van der Waals surface area contributed by atoms with Crippen LogP contribution in [0, 0.1) is 5.82 Å². The normalized spacial score (nSPS) is 11.0. The standard InChI is InChI=1S/C20H15FN4O/c21-16-10-4-9-15-17(16)24-20(22)25-18(15)19(26)23-11-13-7-3-6-12-5-1-2-8-14(12)13/h1-10H,11H2,(H,23,26)(H2,22,24,25). The largest absolute Gasteiger partial charge is 0.368 e. The lowest BCUT2D eigenvalue weighted by Gasteiger charge is -2.10. The number of para-hydroxylation sites is 1. The number of hydrogen-bond acceptors (Lipinski definition) is 4. The predicted octanol–water partition coefficient (Wildman–Crippen LogP) is 3.43. The van der Waals surface area contributed by atoms with Crippen LogP contribution in [-0.2, 0) is 6.54 Å². The monoisotopic (exact) mass is 346 g/mol. The molecular weight excluding hydrogens is 331 g/mol. The van der Waals surface area contributed by atoms with Crippen molar-refractivity contribution in [2.24, 2.45) is 0 Å². The van der Waals surface area contributed by atoms with Gasteiger partial charge in [-0.3, -0.25) is 4.79 Å². The van der Waals surface area contributed by atoms with Crippen LogP contribution in [0.3, 0.4) is 0 Å². The van der Waals surface area contributed by atoms with Gasteiger partial charge in [-0.25, -0.2) is 14.4 Å². The van der Waals surface area contributed by atoms with E-state index in [2.05, 4.69) is 15.3 Å². The molecule has 3 N–H and O–H groups in total. The van der Waals surface area contributed by atoms with Crippen molar-refractivity contribution in [2.75, 3.05) is 5.73 Å². The van der Waals surface area contributed by atoms with Crippen LogP contribution in [0.2, 0.25) is 0 Å². The number of amides is 1. The average Bonchev–Trinajstić information content (AvgIpc) is 2.66. The van der Waals surface area contributed by atoms with E-state index in [9.17, 15) is 9.18 Å². The summed E-state index contributed by atoms with van der Waals surface area (Å²) in [5, 5.41) is 5.33. The third-order valence-electron chi connectivity index (χ3n) is 4.23. The fraction of sp³-hybridized carbons (Fsp3) is 0.0500. The van der Waals surface area contributed by atoms with Gasteiger partial charge in [-0.15, -0.1) is 0 Å². The second-order valence-corrected chi connectivity index (χ2v) is 5.89. The molecule has 0 radical (unpaired) electrons. The fourth-order valence-corrected chi connectivity index (χ4v) is 3.01. The molecule has 128 valence electrons. The summed E-state index contributed by atoms with van der Waals surface area (Å²) in [6.45, 7) is 0.320. The highest BCUT2D eigenvalue weighted by Crippen LogP contribution is 2.21. The number of halogens is 1. The molecule has 1 amide bonds. The zero-order valence-corrected chi connectivity index (χ0v) is 13.7. The number of nitrogens with one attached hydrogen (secondary N) is 1. The maximum Gasteiger partial charge on any atom is 0.271 e. The Morgan fingerprint density at radius 1 is 0.962 bits per heavy atom. The van der Waals surface area contributed by atoms with Crippen LogP contribution in [0.1, 0.15) is 16.1 Å². The molecule has 0 unspecified atom stereocenters. The van der Waals surface area contributed by atoms with Gasteiger partial charge in [-0.05, 0) is 22.4 Å². The second kappa shape index (κ2) is 6.40. The molecule has 3 aromatic carbocycles. The van der Waals surface area contributed by atoms with Crippen molar-refractivity contribution in [3.63, 3.8) is 0 Å². The van der Waals surface area contributed by atoms with Gasteiger partial charge in [-0.2, -0.15) is 0 Å². The smallest absolute Gasteiger partial charge is 0.271 e. The van der Waals surface area contributed by atoms with E-state index in [-0.39, 0.29) is 17.2 Å². The van der Waals surface area contributed by atoms with Crippen LogP contribution in [0.25, 0.3) is 21.7 Å². The fourth-order valence-electron chi connectivity index (χ4n) is 3.01. The Balaban J connectivity index is 1.67. The predicted molar refractivity (Wildman–Crippen MR) is 99.0 cm³/mol. The summed E-state index contributed by atoms with van der Waals surface area (Å²) in [5.41, 5.74) is 6.72. The van der Waals surface area contributed by atoms with Gasteiger partial charge in [-0.1, -0.05) is 54.6 Å². The third kappa shape index (κ3) is 2.82. The summed E-state index contributed by atoms with van der Waals surface area (Å²) in [6.07, 6.45) is 0. The summed E-state index contributed by atoms with van der Waals surface area (Å²) in [4.78, 5) is 20.5. The first-order chi connectivity index (χ1) is 12.6. The number of nitrogens with zero attached hydrogens (tertiary/aromatic N) is 2.